The fourth-order valence-corrected chi connectivity index (χ4v) is 7.39. The molecule has 0 aliphatic heterocycles. The Bertz CT molecular complexity index is 1770. The molecule has 0 radical (unpaired) electrons. The first kappa shape index (κ1) is 48.6. The van der Waals surface area contributed by atoms with Crippen molar-refractivity contribution in [3.8, 4) is 0 Å². The van der Waals surface area contributed by atoms with Gasteiger partial charge < -0.3 is 0 Å². The molecular weight excluding hydrogens is 641 g/mol. The van der Waals surface area contributed by atoms with Crippen molar-refractivity contribution in [2.24, 2.45) is 11.8 Å². The SMILES string of the molecule is C.CC.CC.CC.CC.Cc1c(CC2CCCc3ccc(CC(C)C)cc32)c(=O)c1=O.Cc1c(CC2CCc3ccc(CC(C)C)cc32)c(=O)c1=O. The second-order valence-electron chi connectivity index (χ2n) is 14.0. The molecule has 2 unspecified atom stereocenters. The van der Waals surface area contributed by atoms with Gasteiger partial charge in [0.1, 0.15) is 0 Å². The fraction of sp³-hybridized carbons (Fsp3) is 0.583. The van der Waals surface area contributed by atoms with Crippen molar-refractivity contribution in [1.29, 1.82) is 0 Å². The second-order valence-corrected chi connectivity index (χ2v) is 14.0. The van der Waals surface area contributed by atoms with Gasteiger partial charge in [-0.2, -0.15) is 0 Å². The largest absolute Gasteiger partial charge is 0.285 e. The van der Waals surface area contributed by atoms with Crippen LogP contribution in [0.1, 0.15) is 177 Å². The lowest BCUT2D eigenvalue weighted by Crippen LogP contribution is -2.39. The quantitative estimate of drug-likeness (QED) is 0.170. The molecule has 0 saturated carbocycles. The number of hydrogen-bond donors (Lipinski definition) is 0. The molecule has 0 spiro atoms. The summed E-state index contributed by atoms with van der Waals surface area (Å²) in [5, 5.41) is 0. The maximum absolute atomic E-state index is 11.8. The molecule has 0 fully saturated rings. The highest BCUT2D eigenvalue weighted by Gasteiger charge is 2.28. The summed E-state index contributed by atoms with van der Waals surface area (Å²) in [7, 11) is 0. The predicted octanol–water partition coefficient (Wildman–Crippen LogP) is 11.3. The van der Waals surface area contributed by atoms with E-state index in [1.807, 2.05) is 55.4 Å². The molecule has 0 amide bonds. The van der Waals surface area contributed by atoms with Crippen LogP contribution < -0.4 is 21.7 Å². The van der Waals surface area contributed by atoms with E-state index in [-0.39, 0.29) is 29.1 Å². The van der Waals surface area contributed by atoms with E-state index in [1.165, 1.54) is 39.8 Å². The molecule has 2 aliphatic carbocycles. The van der Waals surface area contributed by atoms with Gasteiger partial charge in [-0.05, 0) is 129 Å². The highest BCUT2D eigenvalue weighted by Crippen LogP contribution is 2.37. The van der Waals surface area contributed by atoms with Crippen LogP contribution in [0.2, 0.25) is 0 Å². The van der Waals surface area contributed by atoms with Crippen LogP contribution >= 0.6 is 0 Å². The number of benzene rings is 2. The minimum Gasteiger partial charge on any atom is -0.285 e. The Morgan fingerprint density at radius 2 is 0.904 bits per heavy atom. The molecule has 0 aromatic heterocycles. The summed E-state index contributed by atoms with van der Waals surface area (Å²) in [5.41, 5.74) is 10.3. The molecule has 0 bridgehead atoms. The first-order valence-corrected chi connectivity index (χ1v) is 20.3. The third-order valence-electron chi connectivity index (χ3n) is 9.80. The summed E-state index contributed by atoms with van der Waals surface area (Å²) >= 11 is 0. The van der Waals surface area contributed by atoms with E-state index in [4.69, 9.17) is 0 Å². The third-order valence-corrected chi connectivity index (χ3v) is 9.80. The van der Waals surface area contributed by atoms with E-state index < -0.39 is 0 Å². The summed E-state index contributed by atoms with van der Waals surface area (Å²) < 4.78 is 0. The molecule has 2 aliphatic rings. The van der Waals surface area contributed by atoms with Crippen LogP contribution in [0.5, 0.6) is 0 Å². The molecule has 6 rings (SSSR count). The minimum atomic E-state index is -0.281. The molecule has 4 heteroatoms. The van der Waals surface area contributed by atoms with Crippen molar-refractivity contribution >= 4 is 0 Å². The molecule has 0 N–H and O–H groups in total. The van der Waals surface area contributed by atoms with Gasteiger partial charge >= 0.3 is 0 Å². The molecule has 0 heterocycles. The number of rotatable bonds is 8. The Morgan fingerprint density at radius 1 is 0.538 bits per heavy atom. The second kappa shape index (κ2) is 24.0. The number of fused-ring (bicyclic) bond motifs is 2. The maximum Gasteiger partial charge on any atom is 0.229 e. The highest BCUT2D eigenvalue weighted by molar-refractivity contribution is 5.42. The van der Waals surface area contributed by atoms with Gasteiger partial charge in [0.05, 0.1) is 0 Å². The van der Waals surface area contributed by atoms with Crippen LogP contribution in [0, 0.1) is 25.7 Å². The minimum absolute atomic E-state index is 0. The lowest BCUT2D eigenvalue weighted by atomic mass is 9.77. The van der Waals surface area contributed by atoms with Crippen molar-refractivity contribution in [3.63, 3.8) is 0 Å². The number of hydrogen-bond acceptors (Lipinski definition) is 4. The van der Waals surface area contributed by atoms with E-state index in [1.54, 1.807) is 13.8 Å². The van der Waals surface area contributed by atoms with Gasteiger partial charge in [0, 0.05) is 22.3 Å². The molecule has 52 heavy (non-hydrogen) atoms. The normalized spacial score (nSPS) is 15.2. The maximum atomic E-state index is 11.8. The van der Waals surface area contributed by atoms with Crippen LogP contribution in [-0.4, -0.2) is 0 Å². The highest BCUT2D eigenvalue weighted by atomic mass is 16.2. The van der Waals surface area contributed by atoms with Crippen LogP contribution in [0.4, 0.5) is 0 Å². The Labute approximate surface area is 317 Å². The zero-order valence-corrected chi connectivity index (χ0v) is 34.8. The zero-order chi connectivity index (χ0) is 39.0. The topological polar surface area (TPSA) is 68.3 Å². The van der Waals surface area contributed by atoms with Gasteiger partial charge in [0.25, 0.3) is 0 Å². The van der Waals surface area contributed by atoms with Crippen LogP contribution in [-0.2, 0) is 38.5 Å². The zero-order valence-electron chi connectivity index (χ0n) is 34.8. The average Bonchev–Trinajstić information content (AvgIpc) is 3.56. The Kier molecular flexibility index (Phi) is 22.4. The molecule has 4 nitrogen and oxygen atoms in total. The summed E-state index contributed by atoms with van der Waals surface area (Å²) in [6.07, 6.45) is 9.31. The molecule has 0 saturated heterocycles. The van der Waals surface area contributed by atoms with Crippen molar-refractivity contribution in [2.75, 3.05) is 0 Å². The van der Waals surface area contributed by atoms with Gasteiger partial charge in [-0.25, -0.2) is 0 Å². The lowest BCUT2D eigenvalue weighted by Gasteiger charge is -2.27. The Hall–Kier alpha value is -3.40. The van der Waals surface area contributed by atoms with Crippen molar-refractivity contribution in [1.82, 2.24) is 0 Å². The Morgan fingerprint density at radius 3 is 1.27 bits per heavy atom. The van der Waals surface area contributed by atoms with Crippen LogP contribution in [0.3, 0.4) is 0 Å². The van der Waals surface area contributed by atoms with Gasteiger partial charge in [-0.1, -0.05) is 127 Å². The smallest absolute Gasteiger partial charge is 0.229 e. The van der Waals surface area contributed by atoms with Gasteiger partial charge in [0.2, 0.25) is 21.7 Å². The number of aryl methyl sites for hydroxylation is 2. The standard InChI is InChI=1S/C20H24O2.C19H22O2.4C2H6.CH4/c1-12(2)9-14-7-8-15-5-4-6-16(18(15)10-14)11-17-13(3)19(21)20(17)22;1-11(2)8-13-4-5-14-6-7-15(17(14)9-13)10-16-12(3)18(20)19(16)21;4*1-2;/h7-8,10,12,16H,4-6,9,11H2,1-3H3;4-5,9,11,15H,6-8,10H2,1-3H3;4*1-2H3;1H4. The summed E-state index contributed by atoms with van der Waals surface area (Å²) in [4.78, 5) is 46.2. The molecular formula is C48H74O4. The molecule has 290 valence electrons. The third kappa shape index (κ3) is 12.1. The van der Waals surface area contributed by atoms with E-state index in [9.17, 15) is 19.2 Å². The lowest BCUT2D eigenvalue weighted by molar-refractivity contribution is 0.544. The average molecular weight is 715 g/mol. The van der Waals surface area contributed by atoms with Gasteiger partial charge in [-0.3, -0.25) is 19.2 Å². The van der Waals surface area contributed by atoms with E-state index >= 15 is 0 Å². The first-order chi connectivity index (χ1) is 24.4. The van der Waals surface area contributed by atoms with Crippen molar-refractivity contribution < 1.29 is 0 Å². The molecule has 4 aromatic rings. The van der Waals surface area contributed by atoms with Gasteiger partial charge in [0.15, 0.2) is 0 Å². The van der Waals surface area contributed by atoms with Crippen molar-refractivity contribution in [3.05, 3.63) is 133 Å². The van der Waals surface area contributed by atoms with Crippen LogP contribution in [0.25, 0.3) is 0 Å². The fourth-order valence-electron chi connectivity index (χ4n) is 7.39. The first-order valence-electron chi connectivity index (χ1n) is 20.3. The predicted molar refractivity (Wildman–Crippen MR) is 228 cm³/mol. The van der Waals surface area contributed by atoms with Crippen LogP contribution in [0.15, 0.2) is 55.6 Å². The van der Waals surface area contributed by atoms with E-state index in [0.717, 1.165) is 62.5 Å². The Balaban J connectivity index is 0.000000827. The summed E-state index contributed by atoms with van der Waals surface area (Å²) in [5.74, 6) is 2.11. The monoisotopic (exact) mass is 715 g/mol. The van der Waals surface area contributed by atoms with E-state index in [0.29, 0.717) is 34.8 Å². The van der Waals surface area contributed by atoms with E-state index in [2.05, 4.69) is 64.1 Å². The molecule has 2 atom stereocenters. The summed E-state index contributed by atoms with van der Waals surface area (Å²) in [6, 6.07) is 13.7. The summed E-state index contributed by atoms with van der Waals surface area (Å²) in [6.45, 7) is 28.5. The van der Waals surface area contributed by atoms with Crippen molar-refractivity contribution in [2.45, 2.75) is 174 Å². The van der Waals surface area contributed by atoms with Gasteiger partial charge in [-0.15, -0.1) is 0 Å². The molecule has 4 aromatic carbocycles.